The van der Waals surface area contributed by atoms with E-state index < -0.39 is 0 Å². The number of anilines is 1. The van der Waals surface area contributed by atoms with Crippen LogP contribution in [0.3, 0.4) is 0 Å². The second-order valence-electron chi connectivity index (χ2n) is 3.78. The van der Waals surface area contributed by atoms with Gasteiger partial charge in [-0.25, -0.2) is 4.98 Å². The van der Waals surface area contributed by atoms with Crippen molar-refractivity contribution in [2.75, 3.05) is 5.32 Å². The number of imidazole rings is 1. The predicted octanol–water partition coefficient (Wildman–Crippen LogP) is 1.63. The number of nitrogens with zero attached hydrogens (tertiary/aromatic N) is 2. The van der Waals surface area contributed by atoms with Crippen molar-refractivity contribution in [3.05, 3.63) is 12.4 Å². The van der Waals surface area contributed by atoms with Crippen molar-refractivity contribution in [3.8, 4) is 0 Å². The first-order valence-corrected chi connectivity index (χ1v) is 4.49. The van der Waals surface area contributed by atoms with Crippen LogP contribution in [0.5, 0.6) is 0 Å². The largest absolute Gasteiger partial charge is 0.353 e. The van der Waals surface area contributed by atoms with Crippen molar-refractivity contribution >= 4 is 5.95 Å². The third kappa shape index (κ3) is 1.31. The summed E-state index contributed by atoms with van der Waals surface area (Å²) in [7, 11) is 2.01. The fourth-order valence-corrected chi connectivity index (χ4v) is 1.71. The van der Waals surface area contributed by atoms with Crippen molar-refractivity contribution in [1.82, 2.24) is 9.55 Å². The molecule has 0 amide bonds. The molecule has 1 saturated carbocycles. The Hall–Kier alpha value is -0.990. The molecule has 0 radical (unpaired) electrons. The van der Waals surface area contributed by atoms with Gasteiger partial charge >= 0.3 is 0 Å². The van der Waals surface area contributed by atoms with Crippen molar-refractivity contribution in [2.45, 2.75) is 25.8 Å². The van der Waals surface area contributed by atoms with Gasteiger partial charge in [0.25, 0.3) is 0 Å². The lowest BCUT2D eigenvalue weighted by atomic mass is 9.82. The Morgan fingerprint density at radius 2 is 2.33 bits per heavy atom. The number of hydrogen-bond donors (Lipinski definition) is 1. The fraction of sp³-hybridized carbons (Fsp3) is 0.667. The van der Waals surface area contributed by atoms with Gasteiger partial charge in [0.15, 0.2) is 0 Å². The Bertz CT molecular complexity index is 260. The average Bonchev–Trinajstić information content (AvgIpc) is 2.33. The Kier molecular flexibility index (Phi) is 1.79. The van der Waals surface area contributed by atoms with Crippen molar-refractivity contribution in [2.24, 2.45) is 13.0 Å². The van der Waals surface area contributed by atoms with E-state index in [1.165, 1.54) is 12.8 Å². The SMILES string of the molecule is CC1CC(Nc2nccn2C)C1. The second kappa shape index (κ2) is 2.81. The average molecular weight is 165 g/mol. The molecule has 1 aliphatic carbocycles. The predicted molar refractivity (Wildman–Crippen MR) is 49.0 cm³/mol. The van der Waals surface area contributed by atoms with Crippen LogP contribution in [0.15, 0.2) is 12.4 Å². The van der Waals surface area contributed by atoms with E-state index in [0.717, 1.165) is 11.9 Å². The molecule has 12 heavy (non-hydrogen) atoms. The summed E-state index contributed by atoms with van der Waals surface area (Å²) in [6.45, 7) is 2.29. The van der Waals surface area contributed by atoms with E-state index in [2.05, 4.69) is 17.2 Å². The molecule has 0 aliphatic heterocycles. The number of nitrogens with one attached hydrogen (secondary N) is 1. The molecule has 0 unspecified atom stereocenters. The van der Waals surface area contributed by atoms with E-state index in [4.69, 9.17) is 0 Å². The Morgan fingerprint density at radius 3 is 2.83 bits per heavy atom. The van der Waals surface area contributed by atoms with Crippen molar-refractivity contribution in [3.63, 3.8) is 0 Å². The zero-order valence-electron chi connectivity index (χ0n) is 7.62. The van der Waals surface area contributed by atoms with Crippen LogP contribution in [-0.4, -0.2) is 15.6 Å². The van der Waals surface area contributed by atoms with E-state index in [-0.39, 0.29) is 0 Å². The highest BCUT2D eigenvalue weighted by molar-refractivity contribution is 5.28. The van der Waals surface area contributed by atoms with Crippen LogP contribution < -0.4 is 5.32 Å². The number of rotatable bonds is 2. The van der Waals surface area contributed by atoms with Crippen LogP contribution in [-0.2, 0) is 7.05 Å². The van der Waals surface area contributed by atoms with Gasteiger partial charge in [0.2, 0.25) is 5.95 Å². The molecule has 0 spiro atoms. The highest BCUT2D eigenvalue weighted by atomic mass is 15.2. The van der Waals surface area contributed by atoms with Gasteiger partial charge in [-0.1, -0.05) is 6.92 Å². The molecule has 1 aliphatic rings. The van der Waals surface area contributed by atoms with Gasteiger partial charge in [-0.3, -0.25) is 0 Å². The molecule has 0 atom stereocenters. The number of aromatic nitrogens is 2. The molecular weight excluding hydrogens is 150 g/mol. The fourth-order valence-electron chi connectivity index (χ4n) is 1.71. The van der Waals surface area contributed by atoms with Crippen molar-refractivity contribution in [1.29, 1.82) is 0 Å². The van der Waals surface area contributed by atoms with E-state index in [1.807, 2.05) is 24.0 Å². The van der Waals surface area contributed by atoms with Crippen LogP contribution in [0, 0.1) is 5.92 Å². The van der Waals surface area contributed by atoms with E-state index in [1.54, 1.807) is 0 Å². The minimum Gasteiger partial charge on any atom is -0.353 e. The van der Waals surface area contributed by atoms with E-state index in [0.29, 0.717) is 6.04 Å². The van der Waals surface area contributed by atoms with Gasteiger partial charge in [0.1, 0.15) is 0 Å². The molecule has 1 N–H and O–H groups in total. The molecule has 1 fully saturated rings. The molecule has 1 heterocycles. The van der Waals surface area contributed by atoms with Gasteiger partial charge in [0, 0.05) is 25.5 Å². The maximum Gasteiger partial charge on any atom is 0.202 e. The van der Waals surface area contributed by atoms with Gasteiger partial charge in [-0.05, 0) is 18.8 Å². The third-order valence-electron chi connectivity index (χ3n) is 2.53. The van der Waals surface area contributed by atoms with Gasteiger partial charge in [0.05, 0.1) is 0 Å². The maximum absolute atomic E-state index is 4.21. The summed E-state index contributed by atoms with van der Waals surface area (Å²) in [5, 5.41) is 3.41. The highest BCUT2D eigenvalue weighted by Crippen LogP contribution is 2.28. The Morgan fingerprint density at radius 1 is 1.58 bits per heavy atom. The quantitative estimate of drug-likeness (QED) is 0.721. The summed E-state index contributed by atoms with van der Waals surface area (Å²) in [5.41, 5.74) is 0. The summed E-state index contributed by atoms with van der Waals surface area (Å²) in [4.78, 5) is 4.21. The molecule has 3 nitrogen and oxygen atoms in total. The number of aryl methyl sites for hydroxylation is 1. The standard InChI is InChI=1S/C9H15N3/c1-7-5-8(6-7)11-9-10-3-4-12(9)2/h3-4,7-8H,5-6H2,1-2H3,(H,10,11). The summed E-state index contributed by atoms with van der Waals surface area (Å²) >= 11 is 0. The summed E-state index contributed by atoms with van der Waals surface area (Å²) in [5.74, 6) is 1.88. The smallest absolute Gasteiger partial charge is 0.202 e. The minimum absolute atomic E-state index is 0.654. The zero-order chi connectivity index (χ0) is 8.55. The molecule has 0 bridgehead atoms. The zero-order valence-corrected chi connectivity index (χ0v) is 7.62. The van der Waals surface area contributed by atoms with Crippen LogP contribution in [0.4, 0.5) is 5.95 Å². The molecular formula is C9H15N3. The summed E-state index contributed by atoms with van der Waals surface area (Å²) in [6.07, 6.45) is 6.36. The molecule has 0 saturated heterocycles. The summed E-state index contributed by atoms with van der Waals surface area (Å²) < 4.78 is 2.02. The second-order valence-corrected chi connectivity index (χ2v) is 3.78. The van der Waals surface area contributed by atoms with Gasteiger partial charge < -0.3 is 9.88 Å². The normalized spacial score (nSPS) is 28.2. The molecule has 3 heteroatoms. The topological polar surface area (TPSA) is 29.9 Å². The lowest BCUT2D eigenvalue weighted by molar-refractivity contribution is 0.307. The lowest BCUT2D eigenvalue weighted by Crippen LogP contribution is -2.34. The third-order valence-corrected chi connectivity index (χ3v) is 2.53. The van der Waals surface area contributed by atoms with Crippen LogP contribution in [0.25, 0.3) is 0 Å². The maximum atomic E-state index is 4.21. The summed E-state index contributed by atoms with van der Waals surface area (Å²) in [6, 6.07) is 0.654. The van der Waals surface area contributed by atoms with Gasteiger partial charge in [-0.15, -0.1) is 0 Å². The van der Waals surface area contributed by atoms with Crippen LogP contribution >= 0.6 is 0 Å². The first kappa shape index (κ1) is 7.65. The van der Waals surface area contributed by atoms with Crippen LogP contribution in [0.1, 0.15) is 19.8 Å². The highest BCUT2D eigenvalue weighted by Gasteiger charge is 2.25. The first-order valence-electron chi connectivity index (χ1n) is 4.49. The molecule has 1 aromatic rings. The van der Waals surface area contributed by atoms with E-state index >= 15 is 0 Å². The first-order chi connectivity index (χ1) is 5.75. The molecule has 2 rings (SSSR count). The Labute approximate surface area is 72.8 Å². The van der Waals surface area contributed by atoms with Crippen molar-refractivity contribution < 1.29 is 0 Å². The molecule has 0 aromatic carbocycles. The van der Waals surface area contributed by atoms with E-state index in [9.17, 15) is 0 Å². The van der Waals surface area contributed by atoms with Gasteiger partial charge in [-0.2, -0.15) is 0 Å². The van der Waals surface area contributed by atoms with Crippen LogP contribution in [0.2, 0.25) is 0 Å². The number of hydrogen-bond acceptors (Lipinski definition) is 2. The monoisotopic (exact) mass is 165 g/mol. The molecule has 1 aromatic heterocycles. The minimum atomic E-state index is 0.654. The molecule has 66 valence electrons. The lowest BCUT2D eigenvalue weighted by Gasteiger charge is -2.33. The Balaban J connectivity index is 1.92.